The topological polar surface area (TPSA) is 241 Å². The number of benzene rings is 2. The summed E-state index contributed by atoms with van der Waals surface area (Å²) in [6.07, 6.45) is 1.31. The number of Topliss-reactive ketones (excluding diaryl/α,β-unsaturated/α-hetero) is 1. The van der Waals surface area contributed by atoms with Gasteiger partial charge in [0.25, 0.3) is 0 Å². The summed E-state index contributed by atoms with van der Waals surface area (Å²) in [5.41, 5.74) is 0.411. The standard InChI is InChI=1S/C20H26BrNO8.C20H18ClNO8/c1-12-8-13-18(29-11-26-3)15(9-16(19(13)27-4)28-10-25-2)22-17(23)7-5-6-14(21)20(24)30-12;1-8-5-10-18(27)11(6-14(25)19(10)29-2)22-15(26)4-3-9-16(20(28)30-8)12(23)7-13(24)17(9)21/h6,9,12H,5,7-8,10-11H2,1-4H3,(H,22,23);6-8,23-24H,3-5H2,1-2H3,(H,22,26)/b14-6+;. The molecule has 2 atom stereocenters. The number of halogens is 2. The maximum absolute atomic E-state index is 12.8. The summed E-state index contributed by atoms with van der Waals surface area (Å²) in [6.45, 7) is 3.16. The number of allylic oxidation sites excluding steroid dienone is 3. The Balaban J connectivity index is 0.000000265. The van der Waals surface area contributed by atoms with Gasteiger partial charge in [-0.3, -0.25) is 19.2 Å². The van der Waals surface area contributed by atoms with Gasteiger partial charge in [-0.05, 0) is 48.2 Å². The Bertz CT molecular complexity index is 2130. The monoisotopic (exact) mass is 922 g/mol. The lowest BCUT2D eigenvalue weighted by Crippen LogP contribution is -2.33. The molecule has 3 aliphatic rings. The summed E-state index contributed by atoms with van der Waals surface area (Å²) in [7, 11) is 5.70. The fourth-order valence-corrected chi connectivity index (χ4v) is 6.80. The fraction of sp³-hybridized carbons (Fsp3) is 0.400. The second-order valence-corrected chi connectivity index (χ2v) is 14.5. The number of hydrogen-bond acceptors (Lipinski definition) is 16. The highest BCUT2D eigenvalue weighted by Gasteiger charge is 2.34. The minimum atomic E-state index is -0.957. The summed E-state index contributed by atoms with van der Waals surface area (Å²) >= 11 is 9.29. The number of nitrogens with one attached hydrogen (secondary N) is 2. The third kappa shape index (κ3) is 11.6. The highest BCUT2D eigenvalue weighted by atomic mass is 79.9. The zero-order chi connectivity index (χ0) is 44.3. The molecule has 2 heterocycles. The van der Waals surface area contributed by atoms with Crippen molar-refractivity contribution in [3.8, 4) is 28.7 Å². The second-order valence-electron chi connectivity index (χ2n) is 13.2. The van der Waals surface area contributed by atoms with Gasteiger partial charge in [-0.2, -0.15) is 0 Å². The summed E-state index contributed by atoms with van der Waals surface area (Å²) in [6, 6.07) is 2.50. The molecule has 0 radical (unpaired) electrons. The Morgan fingerprint density at radius 3 is 2.10 bits per heavy atom. The number of cyclic esters (lactones) is 2. The molecule has 2 unspecified atom stereocenters. The van der Waals surface area contributed by atoms with Gasteiger partial charge in [-0.1, -0.05) is 17.7 Å². The number of rotatable bonds is 8. The van der Waals surface area contributed by atoms with Crippen LogP contribution in [0.3, 0.4) is 0 Å². The summed E-state index contributed by atoms with van der Waals surface area (Å²) in [5, 5.41) is 25.1. The first-order chi connectivity index (χ1) is 28.5. The first-order valence-electron chi connectivity index (χ1n) is 18.2. The molecule has 0 saturated heterocycles. The molecule has 4 bridgehead atoms. The van der Waals surface area contributed by atoms with Gasteiger partial charge in [0.05, 0.1) is 40.7 Å². The van der Waals surface area contributed by atoms with E-state index in [0.717, 1.165) is 12.1 Å². The van der Waals surface area contributed by atoms with Crippen molar-refractivity contribution in [2.45, 2.75) is 64.6 Å². The number of ketones is 2. The van der Waals surface area contributed by atoms with Gasteiger partial charge >= 0.3 is 11.9 Å². The van der Waals surface area contributed by atoms with Crippen LogP contribution in [0.5, 0.6) is 28.7 Å². The van der Waals surface area contributed by atoms with Crippen molar-refractivity contribution in [1.29, 1.82) is 0 Å². The second kappa shape index (κ2) is 21.6. The predicted molar refractivity (Wildman–Crippen MR) is 215 cm³/mol. The molecule has 324 valence electrons. The summed E-state index contributed by atoms with van der Waals surface area (Å²) in [5.74, 6) is -3.76. The number of carbonyl (C=O) groups excluding carboxylic acids is 6. The minimum Gasteiger partial charge on any atom is -0.507 e. The van der Waals surface area contributed by atoms with Gasteiger partial charge in [0.15, 0.2) is 36.6 Å². The van der Waals surface area contributed by atoms with Crippen molar-refractivity contribution >= 4 is 68.5 Å². The van der Waals surface area contributed by atoms with E-state index >= 15 is 0 Å². The number of methoxy groups -OCH3 is 4. The average Bonchev–Trinajstić information content (AvgIpc) is 3.19. The molecule has 0 saturated carbocycles. The van der Waals surface area contributed by atoms with Crippen LogP contribution in [0, 0.1) is 0 Å². The average molecular weight is 924 g/mol. The fourth-order valence-electron chi connectivity index (χ4n) is 6.23. The Hall–Kier alpha value is -5.63. The van der Waals surface area contributed by atoms with E-state index in [-0.39, 0.29) is 89.3 Å². The van der Waals surface area contributed by atoms with E-state index in [4.69, 9.17) is 49.5 Å². The van der Waals surface area contributed by atoms with Crippen molar-refractivity contribution in [3.05, 3.63) is 67.5 Å². The number of phenolic OH excluding ortho intramolecular Hbond substituents is 2. The molecule has 0 spiro atoms. The Kier molecular flexibility index (Phi) is 16.9. The van der Waals surface area contributed by atoms with Crippen LogP contribution in [0.25, 0.3) is 0 Å². The normalized spacial score (nSPS) is 19.7. The molecule has 0 fully saturated rings. The van der Waals surface area contributed by atoms with E-state index in [1.807, 2.05) is 0 Å². The molecule has 2 aliphatic heterocycles. The molecule has 1 aliphatic carbocycles. The van der Waals surface area contributed by atoms with Crippen molar-refractivity contribution in [2.75, 3.05) is 47.3 Å². The maximum atomic E-state index is 12.8. The van der Waals surface area contributed by atoms with E-state index < -0.39 is 53.1 Å². The largest absolute Gasteiger partial charge is 0.507 e. The van der Waals surface area contributed by atoms with E-state index in [0.29, 0.717) is 34.9 Å². The lowest BCUT2D eigenvalue weighted by Gasteiger charge is -2.23. The molecule has 2 aromatic rings. The lowest BCUT2D eigenvalue weighted by molar-refractivity contribution is -0.142. The lowest BCUT2D eigenvalue weighted by atomic mass is 9.94. The van der Waals surface area contributed by atoms with E-state index in [9.17, 15) is 39.0 Å². The first-order valence-corrected chi connectivity index (χ1v) is 19.4. The molecule has 20 heteroatoms. The van der Waals surface area contributed by atoms with Crippen LogP contribution >= 0.6 is 27.5 Å². The summed E-state index contributed by atoms with van der Waals surface area (Å²) < 4.78 is 43.2. The predicted octanol–water partition coefficient (Wildman–Crippen LogP) is 4.83. The molecule has 2 aromatic carbocycles. The van der Waals surface area contributed by atoms with Gasteiger partial charge in [0, 0.05) is 63.7 Å². The number of hydrogen-bond donors (Lipinski definition) is 4. The number of esters is 2. The Labute approximate surface area is 357 Å². The number of fused-ring (bicyclic) bond motifs is 5. The van der Waals surface area contributed by atoms with Crippen LogP contribution in [0.2, 0.25) is 5.02 Å². The van der Waals surface area contributed by atoms with Crippen molar-refractivity contribution in [3.63, 3.8) is 0 Å². The Morgan fingerprint density at radius 2 is 1.43 bits per heavy atom. The van der Waals surface area contributed by atoms with E-state index in [1.54, 1.807) is 19.1 Å². The molecular formula is C40H44BrClN2O16. The zero-order valence-corrected chi connectivity index (χ0v) is 35.8. The van der Waals surface area contributed by atoms with Gasteiger partial charge in [0.2, 0.25) is 23.4 Å². The zero-order valence-electron chi connectivity index (χ0n) is 33.5. The first kappa shape index (κ1) is 47.1. The maximum Gasteiger partial charge on any atom is 0.345 e. The van der Waals surface area contributed by atoms with Gasteiger partial charge < -0.3 is 58.7 Å². The van der Waals surface area contributed by atoms with Gasteiger partial charge in [-0.25, -0.2) is 9.59 Å². The highest BCUT2D eigenvalue weighted by Crippen LogP contribution is 2.45. The van der Waals surface area contributed by atoms with Crippen molar-refractivity contribution in [2.24, 2.45) is 0 Å². The quantitative estimate of drug-likeness (QED) is 0.157. The minimum absolute atomic E-state index is 0.0249. The van der Waals surface area contributed by atoms with Crippen molar-refractivity contribution < 1.29 is 76.9 Å². The molecule has 18 nitrogen and oxygen atoms in total. The molecule has 2 amide bonds. The molecule has 5 rings (SSSR count). The van der Waals surface area contributed by atoms with Crippen LogP contribution in [0.15, 0.2) is 45.8 Å². The third-order valence-electron chi connectivity index (χ3n) is 8.81. The number of anilines is 1. The third-order valence-corrected chi connectivity index (χ3v) is 9.88. The van der Waals surface area contributed by atoms with E-state index in [1.165, 1.54) is 35.4 Å². The number of ether oxygens (including phenoxy) is 8. The smallest absolute Gasteiger partial charge is 0.345 e. The van der Waals surface area contributed by atoms with Crippen LogP contribution in [0.4, 0.5) is 5.69 Å². The number of amides is 2. The Morgan fingerprint density at radius 1 is 0.783 bits per heavy atom. The van der Waals surface area contributed by atoms with E-state index in [2.05, 4.69) is 26.6 Å². The summed E-state index contributed by atoms with van der Waals surface area (Å²) in [4.78, 5) is 75.0. The van der Waals surface area contributed by atoms with Crippen LogP contribution < -0.4 is 24.8 Å². The van der Waals surface area contributed by atoms with Crippen molar-refractivity contribution in [1.82, 2.24) is 5.32 Å². The van der Waals surface area contributed by atoms with Gasteiger partial charge in [-0.15, -0.1) is 0 Å². The molecular weight excluding hydrogens is 880 g/mol. The number of phenols is 2. The molecule has 60 heavy (non-hydrogen) atoms. The number of carbonyl (C=O) groups is 6. The molecule has 4 N–H and O–H groups in total. The highest BCUT2D eigenvalue weighted by molar-refractivity contribution is 9.12. The van der Waals surface area contributed by atoms with Crippen LogP contribution in [-0.4, -0.2) is 99.8 Å². The van der Waals surface area contributed by atoms with Crippen LogP contribution in [0.1, 0.15) is 61.0 Å². The SMILES string of the molecule is COC1=C2CC(C)OC(=O)c3c(O)cc(O)c(Cl)c3CCC(=O)NC(=CC1=O)C2=O.COCOc1cc2c(OCOC)c(c1OC)CC(C)OC(=O)/C(Br)=C\CCC(=O)N2. The van der Waals surface area contributed by atoms with Gasteiger partial charge in [0.1, 0.15) is 29.3 Å². The molecule has 0 aromatic heterocycles. The van der Waals surface area contributed by atoms with Crippen LogP contribution in [-0.2, 0) is 60.5 Å². The number of aromatic hydroxyl groups is 2.